The van der Waals surface area contributed by atoms with E-state index in [1.807, 2.05) is 61.5 Å². The fourth-order valence-corrected chi connectivity index (χ4v) is 3.74. The maximum atomic E-state index is 13.1. The van der Waals surface area contributed by atoms with Crippen molar-refractivity contribution in [2.45, 2.75) is 17.3 Å². The van der Waals surface area contributed by atoms with E-state index in [-0.39, 0.29) is 5.91 Å². The van der Waals surface area contributed by atoms with Crippen molar-refractivity contribution in [3.8, 4) is 11.6 Å². The van der Waals surface area contributed by atoms with Gasteiger partial charge in [-0.15, -0.1) is 10.2 Å². The Hall–Kier alpha value is -3.52. The van der Waals surface area contributed by atoms with Gasteiger partial charge in [-0.25, -0.2) is 4.68 Å². The van der Waals surface area contributed by atoms with E-state index >= 15 is 0 Å². The fourth-order valence-electron chi connectivity index (χ4n) is 2.78. The van der Waals surface area contributed by atoms with E-state index in [4.69, 9.17) is 10.3 Å². The lowest BCUT2D eigenvalue weighted by molar-refractivity contribution is -0.115. The number of aryl methyl sites for hydroxylation is 1. The quantitative estimate of drug-likeness (QED) is 0.371. The number of hydrogen-bond donors (Lipinski definition) is 2. The second-order valence-corrected chi connectivity index (χ2v) is 7.49. The number of rotatable bonds is 6. The first-order valence-corrected chi connectivity index (χ1v) is 9.83. The molecule has 0 saturated heterocycles. The topological polar surface area (TPSA) is 99.0 Å². The van der Waals surface area contributed by atoms with Crippen LogP contribution in [0.1, 0.15) is 16.4 Å². The Labute approximate surface area is 171 Å². The van der Waals surface area contributed by atoms with Gasteiger partial charge in [0.1, 0.15) is 5.25 Å². The number of furan rings is 1. The molecule has 0 aliphatic carbocycles. The highest BCUT2D eigenvalue weighted by molar-refractivity contribution is 8.00. The van der Waals surface area contributed by atoms with Crippen LogP contribution in [0.4, 0.5) is 5.69 Å². The second-order valence-electron chi connectivity index (χ2n) is 6.42. The van der Waals surface area contributed by atoms with Crippen molar-refractivity contribution >= 4 is 23.4 Å². The van der Waals surface area contributed by atoms with Gasteiger partial charge >= 0.3 is 0 Å². The molecular weight excluding hydrogens is 386 g/mol. The molecule has 1 atom stereocenters. The number of thioether (sulfide) groups is 1. The first kappa shape index (κ1) is 18.8. The molecular formula is C21H19N5O2S. The Morgan fingerprint density at radius 2 is 1.83 bits per heavy atom. The molecule has 4 aromatic rings. The number of benzene rings is 2. The van der Waals surface area contributed by atoms with Crippen molar-refractivity contribution in [3.63, 3.8) is 0 Å². The van der Waals surface area contributed by atoms with E-state index in [1.54, 1.807) is 18.4 Å². The van der Waals surface area contributed by atoms with Gasteiger partial charge in [0.2, 0.25) is 16.9 Å². The minimum absolute atomic E-state index is 0.174. The van der Waals surface area contributed by atoms with Crippen molar-refractivity contribution in [2.24, 2.45) is 0 Å². The van der Waals surface area contributed by atoms with Crippen LogP contribution in [0.3, 0.4) is 0 Å². The highest BCUT2D eigenvalue weighted by Crippen LogP contribution is 2.36. The van der Waals surface area contributed by atoms with Crippen molar-refractivity contribution in [1.82, 2.24) is 14.9 Å². The number of amides is 1. The number of nitrogen functional groups attached to an aromatic ring is 1. The number of aromatic nitrogens is 3. The summed E-state index contributed by atoms with van der Waals surface area (Å²) in [5.74, 6) is 6.89. The predicted octanol–water partition coefficient (Wildman–Crippen LogP) is 4.03. The lowest BCUT2D eigenvalue weighted by atomic mass is 10.1. The summed E-state index contributed by atoms with van der Waals surface area (Å²) in [4.78, 5) is 13.1. The van der Waals surface area contributed by atoms with Gasteiger partial charge in [-0.05, 0) is 36.8 Å². The van der Waals surface area contributed by atoms with E-state index in [1.165, 1.54) is 16.4 Å². The van der Waals surface area contributed by atoms with E-state index < -0.39 is 5.25 Å². The minimum atomic E-state index is -0.562. The first-order chi connectivity index (χ1) is 14.1. The molecule has 0 saturated carbocycles. The van der Waals surface area contributed by atoms with E-state index in [9.17, 15) is 4.79 Å². The van der Waals surface area contributed by atoms with Crippen LogP contribution in [-0.4, -0.2) is 20.8 Å². The molecule has 4 rings (SSSR count). The lowest BCUT2D eigenvalue weighted by Crippen LogP contribution is -2.20. The molecule has 0 aliphatic rings. The molecule has 0 radical (unpaired) electrons. The van der Waals surface area contributed by atoms with Crippen LogP contribution in [-0.2, 0) is 4.79 Å². The van der Waals surface area contributed by atoms with Gasteiger partial charge in [0, 0.05) is 5.69 Å². The first-order valence-electron chi connectivity index (χ1n) is 8.95. The summed E-state index contributed by atoms with van der Waals surface area (Å²) in [5, 5.41) is 11.1. The zero-order valence-electron chi connectivity index (χ0n) is 15.6. The molecule has 0 aliphatic heterocycles. The summed E-state index contributed by atoms with van der Waals surface area (Å²) in [6, 6.07) is 20.6. The van der Waals surface area contributed by atoms with Crippen LogP contribution >= 0.6 is 11.8 Å². The SMILES string of the molecule is Cc1ccc(NC(=O)[C@H](Sc2nnc(-c3ccco3)n2N)c2ccccc2)cc1. The van der Waals surface area contributed by atoms with E-state index in [0.717, 1.165) is 16.8 Å². The number of carbonyl (C=O) groups is 1. The standard InChI is InChI=1S/C21H19N5O2S/c1-14-9-11-16(12-10-14)23-20(27)18(15-6-3-2-4-7-15)29-21-25-24-19(26(21)22)17-8-5-13-28-17/h2-13,18H,22H2,1H3,(H,23,27)/t18-/m1/s1. The van der Waals surface area contributed by atoms with Crippen LogP contribution in [0.15, 0.2) is 82.6 Å². The number of hydrogen-bond acceptors (Lipinski definition) is 6. The van der Waals surface area contributed by atoms with Gasteiger partial charge in [-0.1, -0.05) is 59.8 Å². The monoisotopic (exact) mass is 405 g/mol. The zero-order valence-corrected chi connectivity index (χ0v) is 16.5. The van der Waals surface area contributed by atoms with E-state index in [2.05, 4.69) is 15.5 Å². The molecule has 0 spiro atoms. The van der Waals surface area contributed by atoms with Crippen molar-refractivity contribution in [1.29, 1.82) is 0 Å². The average Bonchev–Trinajstić information content (AvgIpc) is 3.38. The highest BCUT2D eigenvalue weighted by atomic mass is 32.2. The second kappa shape index (κ2) is 8.24. The van der Waals surface area contributed by atoms with Crippen LogP contribution in [0, 0.1) is 6.92 Å². The number of nitrogens with zero attached hydrogens (tertiary/aromatic N) is 3. The third-order valence-corrected chi connectivity index (χ3v) is 5.50. The van der Waals surface area contributed by atoms with Crippen molar-refractivity contribution in [2.75, 3.05) is 11.2 Å². The molecule has 7 nitrogen and oxygen atoms in total. The molecule has 146 valence electrons. The Morgan fingerprint density at radius 3 is 2.52 bits per heavy atom. The third-order valence-electron chi connectivity index (χ3n) is 4.29. The fraction of sp³-hybridized carbons (Fsp3) is 0.0952. The molecule has 8 heteroatoms. The summed E-state index contributed by atoms with van der Waals surface area (Å²) < 4.78 is 6.68. The maximum Gasteiger partial charge on any atom is 0.242 e. The van der Waals surface area contributed by atoms with Crippen LogP contribution in [0.25, 0.3) is 11.6 Å². The molecule has 2 heterocycles. The number of nitrogens with one attached hydrogen (secondary N) is 1. The Balaban J connectivity index is 1.61. The maximum absolute atomic E-state index is 13.1. The number of anilines is 1. The van der Waals surface area contributed by atoms with Gasteiger partial charge in [-0.3, -0.25) is 4.79 Å². The smallest absolute Gasteiger partial charge is 0.242 e. The van der Waals surface area contributed by atoms with Gasteiger partial charge < -0.3 is 15.6 Å². The Bertz CT molecular complexity index is 1090. The third kappa shape index (κ3) is 4.17. The molecule has 0 unspecified atom stereocenters. The van der Waals surface area contributed by atoms with E-state index in [0.29, 0.717) is 16.7 Å². The molecule has 0 fully saturated rings. The summed E-state index contributed by atoms with van der Waals surface area (Å²) >= 11 is 1.23. The van der Waals surface area contributed by atoms with Gasteiger partial charge in [-0.2, -0.15) is 0 Å². The molecule has 1 amide bonds. The summed E-state index contributed by atoms with van der Waals surface area (Å²) in [6.45, 7) is 2.00. The van der Waals surface area contributed by atoms with Gasteiger partial charge in [0.25, 0.3) is 0 Å². The van der Waals surface area contributed by atoms with Crippen molar-refractivity contribution in [3.05, 3.63) is 84.1 Å². The molecule has 2 aromatic carbocycles. The lowest BCUT2D eigenvalue weighted by Gasteiger charge is -2.16. The summed E-state index contributed by atoms with van der Waals surface area (Å²) in [7, 11) is 0. The molecule has 29 heavy (non-hydrogen) atoms. The molecule has 0 bridgehead atoms. The molecule has 2 aromatic heterocycles. The zero-order chi connectivity index (χ0) is 20.2. The van der Waals surface area contributed by atoms with Crippen LogP contribution in [0.2, 0.25) is 0 Å². The summed E-state index contributed by atoms with van der Waals surface area (Å²) in [6.07, 6.45) is 1.54. The normalized spacial score (nSPS) is 11.9. The largest absolute Gasteiger partial charge is 0.461 e. The van der Waals surface area contributed by atoms with Gasteiger partial charge in [0.05, 0.1) is 6.26 Å². The Kier molecular flexibility index (Phi) is 5.35. The number of carbonyl (C=O) groups excluding carboxylic acids is 1. The summed E-state index contributed by atoms with van der Waals surface area (Å²) in [5.41, 5.74) is 2.69. The van der Waals surface area contributed by atoms with Gasteiger partial charge in [0.15, 0.2) is 5.76 Å². The highest BCUT2D eigenvalue weighted by Gasteiger charge is 2.26. The molecule has 3 N–H and O–H groups in total. The minimum Gasteiger partial charge on any atom is -0.461 e. The average molecular weight is 405 g/mol. The van der Waals surface area contributed by atoms with Crippen LogP contribution < -0.4 is 11.2 Å². The van der Waals surface area contributed by atoms with Crippen LogP contribution in [0.5, 0.6) is 0 Å². The van der Waals surface area contributed by atoms with Crippen molar-refractivity contribution < 1.29 is 9.21 Å². The Morgan fingerprint density at radius 1 is 1.07 bits per heavy atom. The predicted molar refractivity (Wildman–Crippen MR) is 113 cm³/mol. The number of nitrogens with two attached hydrogens (primary N) is 1.